The van der Waals surface area contributed by atoms with Gasteiger partial charge in [0.05, 0.1) is 0 Å². The maximum Gasteiger partial charge on any atom is 0.219 e. The van der Waals surface area contributed by atoms with Crippen LogP contribution in [0.15, 0.2) is 0 Å². The second-order valence-corrected chi connectivity index (χ2v) is 3.11. The molecule has 1 atom stereocenters. The topological polar surface area (TPSA) is 55.1 Å². The molecule has 0 rings (SSSR count). The SMILES string of the molecule is CCC(=O)NC(C)CCCCN. The van der Waals surface area contributed by atoms with Gasteiger partial charge in [-0.1, -0.05) is 13.3 Å². The van der Waals surface area contributed by atoms with E-state index in [0.717, 1.165) is 25.8 Å². The zero-order valence-electron chi connectivity index (χ0n) is 8.10. The number of nitrogens with one attached hydrogen (secondary N) is 1. The molecule has 0 saturated heterocycles. The van der Waals surface area contributed by atoms with E-state index < -0.39 is 0 Å². The highest BCUT2D eigenvalue weighted by Crippen LogP contribution is 1.99. The van der Waals surface area contributed by atoms with E-state index in [0.29, 0.717) is 12.5 Å². The molecular weight excluding hydrogens is 152 g/mol. The fourth-order valence-corrected chi connectivity index (χ4v) is 1.04. The van der Waals surface area contributed by atoms with E-state index in [1.54, 1.807) is 0 Å². The van der Waals surface area contributed by atoms with Crippen molar-refractivity contribution in [2.24, 2.45) is 5.73 Å². The lowest BCUT2D eigenvalue weighted by atomic mass is 10.1. The van der Waals surface area contributed by atoms with Crippen LogP contribution in [0.2, 0.25) is 0 Å². The molecule has 0 aliphatic carbocycles. The molecule has 0 heterocycles. The fourth-order valence-electron chi connectivity index (χ4n) is 1.04. The second-order valence-electron chi connectivity index (χ2n) is 3.11. The summed E-state index contributed by atoms with van der Waals surface area (Å²) in [6, 6.07) is 0.295. The van der Waals surface area contributed by atoms with Gasteiger partial charge in [0.25, 0.3) is 0 Å². The Bertz CT molecular complexity index is 126. The van der Waals surface area contributed by atoms with E-state index in [1.165, 1.54) is 0 Å². The van der Waals surface area contributed by atoms with Crippen molar-refractivity contribution in [1.82, 2.24) is 5.32 Å². The standard InChI is InChI=1S/C9H20N2O/c1-3-9(12)11-8(2)6-4-5-7-10/h8H,3-7,10H2,1-2H3,(H,11,12). The van der Waals surface area contributed by atoms with E-state index in [2.05, 4.69) is 5.32 Å². The molecule has 72 valence electrons. The van der Waals surface area contributed by atoms with E-state index in [-0.39, 0.29) is 5.91 Å². The number of carbonyl (C=O) groups is 1. The van der Waals surface area contributed by atoms with Crippen LogP contribution in [-0.4, -0.2) is 18.5 Å². The monoisotopic (exact) mass is 172 g/mol. The summed E-state index contributed by atoms with van der Waals surface area (Å²) in [5.74, 6) is 0.134. The third-order valence-electron chi connectivity index (χ3n) is 1.82. The van der Waals surface area contributed by atoms with Gasteiger partial charge in [0.15, 0.2) is 0 Å². The summed E-state index contributed by atoms with van der Waals surface area (Å²) in [7, 11) is 0. The fraction of sp³-hybridized carbons (Fsp3) is 0.889. The molecule has 3 N–H and O–H groups in total. The van der Waals surface area contributed by atoms with Crippen LogP contribution in [0, 0.1) is 0 Å². The first-order chi connectivity index (χ1) is 5.70. The van der Waals surface area contributed by atoms with Gasteiger partial charge >= 0.3 is 0 Å². The van der Waals surface area contributed by atoms with E-state index >= 15 is 0 Å². The van der Waals surface area contributed by atoms with Crippen LogP contribution in [-0.2, 0) is 4.79 Å². The van der Waals surface area contributed by atoms with Crippen LogP contribution < -0.4 is 11.1 Å². The predicted octanol–water partition coefficient (Wildman–Crippen LogP) is 1.03. The van der Waals surface area contributed by atoms with Crippen molar-refractivity contribution < 1.29 is 4.79 Å². The van der Waals surface area contributed by atoms with Crippen LogP contribution in [0.4, 0.5) is 0 Å². The summed E-state index contributed by atoms with van der Waals surface area (Å²) in [6.45, 7) is 4.64. The number of carbonyl (C=O) groups excluding carboxylic acids is 1. The summed E-state index contributed by atoms with van der Waals surface area (Å²) in [5, 5.41) is 2.91. The first kappa shape index (κ1) is 11.4. The summed E-state index contributed by atoms with van der Waals surface area (Å²) in [6.07, 6.45) is 3.75. The molecule has 12 heavy (non-hydrogen) atoms. The normalized spacial score (nSPS) is 12.6. The lowest BCUT2D eigenvalue weighted by molar-refractivity contribution is -0.121. The number of unbranched alkanes of at least 4 members (excludes halogenated alkanes) is 1. The van der Waals surface area contributed by atoms with Crippen LogP contribution in [0.5, 0.6) is 0 Å². The van der Waals surface area contributed by atoms with Gasteiger partial charge in [-0.3, -0.25) is 4.79 Å². The summed E-state index contributed by atoms with van der Waals surface area (Å²) >= 11 is 0. The molecule has 1 amide bonds. The maximum atomic E-state index is 10.9. The molecule has 3 nitrogen and oxygen atoms in total. The Kier molecular flexibility index (Phi) is 6.76. The van der Waals surface area contributed by atoms with E-state index in [1.807, 2.05) is 13.8 Å². The van der Waals surface area contributed by atoms with Crippen molar-refractivity contribution in [2.45, 2.75) is 45.6 Å². The minimum Gasteiger partial charge on any atom is -0.354 e. The van der Waals surface area contributed by atoms with E-state index in [9.17, 15) is 4.79 Å². The number of rotatable bonds is 6. The molecule has 0 aromatic rings. The summed E-state index contributed by atoms with van der Waals surface area (Å²) in [4.78, 5) is 10.9. The number of hydrogen-bond donors (Lipinski definition) is 2. The molecule has 0 fully saturated rings. The maximum absolute atomic E-state index is 10.9. The van der Waals surface area contributed by atoms with Crippen LogP contribution >= 0.6 is 0 Å². The van der Waals surface area contributed by atoms with Gasteiger partial charge in [-0.05, 0) is 26.3 Å². The number of nitrogens with two attached hydrogens (primary N) is 1. The molecule has 0 saturated carbocycles. The third-order valence-corrected chi connectivity index (χ3v) is 1.82. The molecular formula is C9H20N2O. The largest absolute Gasteiger partial charge is 0.354 e. The first-order valence-corrected chi connectivity index (χ1v) is 4.70. The Morgan fingerprint density at radius 2 is 2.17 bits per heavy atom. The molecule has 0 radical (unpaired) electrons. The number of hydrogen-bond acceptors (Lipinski definition) is 2. The van der Waals surface area contributed by atoms with Crippen LogP contribution in [0.3, 0.4) is 0 Å². The van der Waals surface area contributed by atoms with Crippen molar-refractivity contribution in [3.8, 4) is 0 Å². The minimum atomic E-state index is 0.134. The zero-order valence-corrected chi connectivity index (χ0v) is 8.10. The predicted molar refractivity (Wildman–Crippen MR) is 50.8 cm³/mol. The van der Waals surface area contributed by atoms with Gasteiger partial charge in [0.1, 0.15) is 0 Å². The quantitative estimate of drug-likeness (QED) is 0.588. The van der Waals surface area contributed by atoms with Crippen LogP contribution in [0.1, 0.15) is 39.5 Å². The Morgan fingerprint density at radius 3 is 2.67 bits per heavy atom. The van der Waals surface area contributed by atoms with Gasteiger partial charge in [0, 0.05) is 12.5 Å². The average Bonchev–Trinajstić information content (AvgIpc) is 2.05. The average molecular weight is 172 g/mol. The van der Waals surface area contributed by atoms with Gasteiger partial charge in [-0.15, -0.1) is 0 Å². The highest BCUT2D eigenvalue weighted by Gasteiger charge is 2.03. The highest BCUT2D eigenvalue weighted by atomic mass is 16.1. The molecule has 0 aliphatic heterocycles. The first-order valence-electron chi connectivity index (χ1n) is 4.70. The van der Waals surface area contributed by atoms with Crippen molar-refractivity contribution in [1.29, 1.82) is 0 Å². The van der Waals surface area contributed by atoms with Gasteiger partial charge in [-0.2, -0.15) is 0 Å². The van der Waals surface area contributed by atoms with Crippen molar-refractivity contribution in [3.63, 3.8) is 0 Å². The summed E-state index contributed by atoms with van der Waals surface area (Å²) < 4.78 is 0. The lowest BCUT2D eigenvalue weighted by Gasteiger charge is -2.12. The Labute approximate surface area is 74.7 Å². The molecule has 0 bridgehead atoms. The highest BCUT2D eigenvalue weighted by molar-refractivity contribution is 5.75. The molecule has 0 spiro atoms. The third kappa shape index (κ3) is 6.16. The van der Waals surface area contributed by atoms with Crippen LogP contribution in [0.25, 0.3) is 0 Å². The minimum absolute atomic E-state index is 0.134. The molecule has 3 heteroatoms. The second kappa shape index (κ2) is 7.10. The Hall–Kier alpha value is -0.570. The Balaban J connectivity index is 3.32. The summed E-state index contributed by atoms with van der Waals surface area (Å²) in [5.41, 5.74) is 5.35. The van der Waals surface area contributed by atoms with Crippen molar-refractivity contribution in [3.05, 3.63) is 0 Å². The van der Waals surface area contributed by atoms with Gasteiger partial charge in [-0.25, -0.2) is 0 Å². The Morgan fingerprint density at radius 1 is 1.50 bits per heavy atom. The zero-order chi connectivity index (χ0) is 9.40. The van der Waals surface area contributed by atoms with Gasteiger partial charge < -0.3 is 11.1 Å². The number of amides is 1. The van der Waals surface area contributed by atoms with Crippen molar-refractivity contribution in [2.75, 3.05) is 6.54 Å². The lowest BCUT2D eigenvalue weighted by Crippen LogP contribution is -2.31. The van der Waals surface area contributed by atoms with Gasteiger partial charge in [0.2, 0.25) is 5.91 Å². The van der Waals surface area contributed by atoms with E-state index in [4.69, 9.17) is 5.73 Å². The molecule has 0 aliphatic rings. The van der Waals surface area contributed by atoms with Crippen molar-refractivity contribution >= 4 is 5.91 Å². The smallest absolute Gasteiger partial charge is 0.219 e. The molecule has 0 aromatic heterocycles. The molecule has 1 unspecified atom stereocenters. The molecule has 0 aromatic carbocycles.